The molecule has 4 heteroatoms. The Morgan fingerprint density at radius 3 is 2.81 bits per heavy atom. The van der Waals surface area contributed by atoms with Gasteiger partial charge in [-0.05, 0) is 47.5 Å². The summed E-state index contributed by atoms with van der Waals surface area (Å²) in [5.74, 6) is 0. The van der Waals surface area contributed by atoms with Gasteiger partial charge in [0, 0.05) is 32.4 Å². The van der Waals surface area contributed by atoms with Crippen LogP contribution < -0.4 is 5.32 Å². The van der Waals surface area contributed by atoms with Crippen molar-refractivity contribution in [3.8, 4) is 10.4 Å². The van der Waals surface area contributed by atoms with Gasteiger partial charge in [-0.1, -0.05) is 34.1 Å². The first-order valence-corrected chi connectivity index (χ1v) is 9.38. The average Bonchev–Trinajstić information content (AvgIpc) is 3.15. The van der Waals surface area contributed by atoms with E-state index < -0.39 is 0 Å². The molecule has 2 heterocycles. The summed E-state index contributed by atoms with van der Waals surface area (Å²) in [6, 6.07) is 15.4. The second-order valence-corrected chi connectivity index (χ2v) is 7.80. The smallest absolute Gasteiger partial charge is 0.0351 e. The van der Waals surface area contributed by atoms with Crippen LogP contribution in [0.4, 0.5) is 0 Å². The molecule has 1 N–H and O–H groups in total. The monoisotopic (exact) mass is 377 g/mol. The molecule has 0 bridgehead atoms. The van der Waals surface area contributed by atoms with Crippen molar-refractivity contribution in [1.29, 1.82) is 0 Å². The highest BCUT2D eigenvalue weighted by atomic mass is 79.9. The molecular formula is C17H16BrNS2. The molecule has 0 spiro atoms. The highest BCUT2D eigenvalue weighted by molar-refractivity contribution is 9.10. The van der Waals surface area contributed by atoms with E-state index in [1.807, 2.05) is 11.3 Å². The van der Waals surface area contributed by atoms with Crippen LogP contribution in [-0.4, -0.2) is 0 Å². The van der Waals surface area contributed by atoms with Crippen LogP contribution in [0.1, 0.15) is 23.4 Å². The first-order valence-electron chi connectivity index (χ1n) is 6.82. The van der Waals surface area contributed by atoms with Gasteiger partial charge < -0.3 is 5.32 Å². The number of nitrogens with one attached hydrogen (secondary N) is 1. The normalized spacial score (nSPS) is 12.5. The van der Waals surface area contributed by atoms with E-state index in [1.165, 1.54) is 20.9 Å². The predicted molar refractivity (Wildman–Crippen MR) is 97.0 cm³/mol. The zero-order valence-electron chi connectivity index (χ0n) is 11.7. The molecule has 0 aliphatic heterocycles. The first-order chi connectivity index (χ1) is 10.2. The Morgan fingerprint density at radius 2 is 2.05 bits per heavy atom. The minimum absolute atomic E-state index is 0.342. The molecule has 1 aromatic carbocycles. The van der Waals surface area contributed by atoms with Crippen molar-refractivity contribution in [3.05, 3.63) is 68.1 Å². The lowest BCUT2D eigenvalue weighted by Gasteiger charge is -2.13. The molecule has 0 saturated heterocycles. The Morgan fingerprint density at radius 1 is 1.14 bits per heavy atom. The second kappa shape index (κ2) is 6.88. The van der Waals surface area contributed by atoms with Crippen molar-refractivity contribution in [2.75, 3.05) is 0 Å². The maximum absolute atomic E-state index is 3.59. The summed E-state index contributed by atoms with van der Waals surface area (Å²) >= 11 is 7.14. The molecule has 0 saturated carbocycles. The lowest BCUT2D eigenvalue weighted by molar-refractivity contribution is 0.578. The summed E-state index contributed by atoms with van der Waals surface area (Å²) in [5, 5.41) is 7.96. The Hall–Kier alpha value is -0.940. The SMILES string of the molecule is C[C@H](NCc1cc(-c2cccs2)cs1)c1cccc(Br)c1. The average molecular weight is 378 g/mol. The fraction of sp³-hybridized carbons (Fsp3) is 0.176. The van der Waals surface area contributed by atoms with E-state index in [1.54, 1.807) is 11.3 Å². The van der Waals surface area contributed by atoms with E-state index in [0.717, 1.165) is 11.0 Å². The summed E-state index contributed by atoms with van der Waals surface area (Å²) in [7, 11) is 0. The summed E-state index contributed by atoms with van der Waals surface area (Å²) in [6.07, 6.45) is 0. The van der Waals surface area contributed by atoms with Gasteiger partial charge in [0.15, 0.2) is 0 Å². The van der Waals surface area contributed by atoms with Crippen molar-refractivity contribution >= 4 is 38.6 Å². The molecule has 0 amide bonds. The third-order valence-corrected chi connectivity index (χ3v) is 5.74. The van der Waals surface area contributed by atoms with Crippen LogP contribution >= 0.6 is 38.6 Å². The van der Waals surface area contributed by atoms with Crippen molar-refractivity contribution in [3.63, 3.8) is 0 Å². The minimum atomic E-state index is 0.342. The fourth-order valence-electron chi connectivity index (χ4n) is 2.19. The molecule has 1 nitrogen and oxygen atoms in total. The standard InChI is InChI=1S/C17H16BrNS2/c1-12(13-4-2-5-15(18)8-13)19-10-16-9-14(11-21-16)17-6-3-7-20-17/h2-9,11-12,19H,10H2,1H3/t12-/m0/s1. The zero-order chi connectivity index (χ0) is 14.7. The third kappa shape index (κ3) is 3.83. The van der Waals surface area contributed by atoms with Crippen molar-refractivity contribution < 1.29 is 0 Å². The van der Waals surface area contributed by atoms with E-state index in [-0.39, 0.29) is 0 Å². The summed E-state index contributed by atoms with van der Waals surface area (Å²) < 4.78 is 1.13. The van der Waals surface area contributed by atoms with E-state index in [2.05, 4.69) is 81.4 Å². The summed E-state index contributed by atoms with van der Waals surface area (Å²) in [6.45, 7) is 3.11. The Kier molecular flexibility index (Phi) is 4.91. The van der Waals surface area contributed by atoms with Gasteiger partial charge >= 0.3 is 0 Å². The molecule has 0 fully saturated rings. The number of benzene rings is 1. The van der Waals surface area contributed by atoms with Crippen molar-refractivity contribution in [1.82, 2.24) is 5.32 Å². The molecule has 108 valence electrons. The molecule has 2 aromatic heterocycles. The molecule has 3 rings (SSSR count). The van der Waals surface area contributed by atoms with Gasteiger partial charge in [-0.25, -0.2) is 0 Å². The first kappa shape index (κ1) is 15.0. The van der Waals surface area contributed by atoms with Gasteiger partial charge in [-0.3, -0.25) is 0 Å². The van der Waals surface area contributed by atoms with Gasteiger partial charge in [0.1, 0.15) is 0 Å². The van der Waals surface area contributed by atoms with Crippen LogP contribution in [0.15, 0.2) is 57.7 Å². The van der Waals surface area contributed by atoms with Crippen molar-refractivity contribution in [2.24, 2.45) is 0 Å². The van der Waals surface area contributed by atoms with Crippen LogP contribution in [0.25, 0.3) is 10.4 Å². The third-order valence-electron chi connectivity index (χ3n) is 3.39. The molecule has 1 atom stereocenters. The number of thiophene rings is 2. The maximum atomic E-state index is 3.59. The second-order valence-electron chi connectivity index (χ2n) is 4.94. The minimum Gasteiger partial charge on any atom is -0.305 e. The number of hydrogen-bond acceptors (Lipinski definition) is 3. The molecule has 0 unspecified atom stereocenters. The Balaban J connectivity index is 1.63. The largest absolute Gasteiger partial charge is 0.305 e. The van der Waals surface area contributed by atoms with Crippen LogP contribution in [0.3, 0.4) is 0 Å². The predicted octanol–water partition coefficient (Wildman–Crippen LogP) is 6.09. The molecule has 0 aliphatic carbocycles. The van der Waals surface area contributed by atoms with E-state index in [9.17, 15) is 0 Å². The van der Waals surface area contributed by atoms with Crippen LogP contribution in [0.2, 0.25) is 0 Å². The van der Waals surface area contributed by atoms with Gasteiger partial charge in [-0.2, -0.15) is 0 Å². The molecule has 3 aromatic rings. The number of rotatable bonds is 5. The lowest BCUT2D eigenvalue weighted by Crippen LogP contribution is -2.17. The zero-order valence-corrected chi connectivity index (χ0v) is 14.9. The fourth-order valence-corrected chi connectivity index (χ4v) is 4.23. The van der Waals surface area contributed by atoms with E-state index >= 15 is 0 Å². The van der Waals surface area contributed by atoms with Gasteiger partial charge in [-0.15, -0.1) is 22.7 Å². The lowest BCUT2D eigenvalue weighted by atomic mass is 10.1. The molecular weight excluding hydrogens is 362 g/mol. The van der Waals surface area contributed by atoms with Crippen LogP contribution in [-0.2, 0) is 6.54 Å². The maximum Gasteiger partial charge on any atom is 0.0351 e. The van der Waals surface area contributed by atoms with E-state index in [4.69, 9.17) is 0 Å². The van der Waals surface area contributed by atoms with Gasteiger partial charge in [0.2, 0.25) is 0 Å². The molecule has 0 radical (unpaired) electrons. The molecule has 0 aliphatic rings. The Bertz CT molecular complexity index is 703. The molecule has 21 heavy (non-hydrogen) atoms. The summed E-state index contributed by atoms with van der Waals surface area (Å²) in [4.78, 5) is 2.72. The Labute approximate surface area is 141 Å². The van der Waals surface area contributed by atoms with E-state index in [0.29, 0.717) is 6.04 Å². The number of hydrogen-bond donors (Lipinski definition) is 1. The van der Waals surface area contributed by atoms with Crippen LogP contribution in [0, 0.1) is 0 Å². The van der Waals surface area contributed by atoms with Crippen molar-refractivity contribution in [2.45, 2.75) is 19.5 Å². The quantitative estimate of drug-likeness (QED) is 0.567. The highest BCUT2D eigenvalue weighted by Crippen LogP contribution is 2.29. The number of halogens is 1. The summed E-state index contributed by atoms with van der Waals surface area (Å²) in [5.41, 5.74) is 2.64. The van der Waals surface area contributed by atoms with Gasteiger partial charge in [0.25, 0.3) is 0 Å². The highest BCUT2D eigenvalue weighted by Gasteiger charge is 2.07. The van der Waals surface area contributed by atoms with Crippen LogP contribution in [0.5, 0.6) is 0 Å². The van der Waals surface area contributed by atoms with Gasteiger partial charge in [0.05, 0.1) is 0 Å². The topological polar surface area (TPSA) is 12.0 Å².